The quantitative estimate of drug-likeness (QED) is 0.619. The lowest BCUT2D eigenvalue weighted by atomic mass is 10.1. The van der Waals surface area contributed by atoms with Gasteiger partial charge in [0.15, 0.2) is 5.70 Å². The number of hydrogen-bond donors (Lipinski definition) is 0. The first-order chi connectivity index (χ1) is 9.22. The summed E-state index contributed by atoms with van der Waals surface area (Å²) in [5.41, 5.74) is 2.31. The summed E-state index contributed by atoms with van der Waals surface area (Å²) in [5, 5.41) is 1.96. The van der Waals surface area contributed by atoms with Gasteiger partial charge in [-0.15, -0.1) is 11.3 Å². The SMILES string of the molecule is Cc1ccc(C2=N/C(=C\c3cccs3)C(=O)O2)cc1. The molecule has 1 aliphatic heterocycles. The maximum absolute atomic E-state index is 11.8. The van der Waals surface area contributed by atoms with Gasteiger partial charge in [0, 0.05) is 10.4 Å². The van der Waals surface area contributed by atoms with E-state index in [1.165, 1.54) is 0 Å². The maximum atomic E-state index is 11.8. The Morgan fingerprint density at radius 3 is 2.68 bits per heavy atom. The summed E-state index contributed by atoms with van der Waals surface area (Å²) >= 11 is 1.56. The number of carbonyl (C=O) groups is 1. The molecule has 2 heterocycles. The van der Waals surface area contributed by atoms with Gasteiger partial charge in [0.25, 0.3) is 0 Å². The van der Waals surface area contributed by atoms with E-state index in [0.29, 0.717) is 11.6 Å². The van der Waals surface area contributed by atoms with Crippen LogP contribution in [0.5, 0.6) is 0 Å². The monoisotopic (exact) mass is 269 g/mol. The van der Waals surface area contributed by atoms with Crippen molar-refractivity contribution in [1.82, 2.24) is 0 Å². The molecule has 1 aromatic carbocycles. The number of thiophene rings is 1. The molecule has 0 saturated heterocycles. The molecule has 0 amide bonds. The lowest BCUT2D eigenvalue weighted by molar-refractivity contribution is -0.129. The number of aliphatic imine (C=N–C) groups is 1. The molecule has 0 aliphatic carbocycles. The Morgan fingerprint density at radius 1 is 1.21 bits per heavy atom. The Morgan fingerprint density at radius 2 is 2.00 bits per heavy atom. The van der Waals surface area contributed by atoms with Crippen molar-refractivity contribution in [2.75, 3.05) is 0 Å². The Bertz CT molecular complexity index is 667. The van der Waals surface area contributed by atoms with Gasteiger partial charge in [-0.1, -0.05) is 23.8 Å². The highest BCUT2D eigenvalue weighted by molar-refractivity contribution is 7.10. The first-order valence-corrected chi connectivity index (χ1v) is 6.73. The zero-order chi connectivity index (χ0) is 13.2. The Hall–Kier alpha value is -2.20. The van der Waals surface area contributed by atoms with Crippen molar-refractivity contribution in [1.29, 1.82) is 0 Å². The number of carbonyl (C=O) groups excluding carboxylic acids is 1. The molecule has 0 spiro atoms. The zero-order valence-electron chi connectivity index (χ0n) is 10.3. The molecule has 0 atom stereocenters. The molecule has 0 unspecified atom stereocenters. The molecule has 94 valence electrons. The van der Waals surface area contributed by atoms with Crippen molar-refractivity contribution < 1.29 is 9.53 Å². The first kappa shape index (κ1) is 11.9. The number of ether oxygens (including phenoxy) is 1. The summed E-state index contributed by atoms with van der Waals surface area (Å²) in [6, 6.07) is 11.6. The van der Waals surface area contributed by atoms with E-state index in [2.05, 4.69) is 4.99 Å². The Kier molecular flexibility index (Phi) is 3.01. The van der Waals surface area contributed by atoms with Gasteiger partial charge in [-0.05, 0) is 36.6 Å². The lowest BCUT2D eigenvalue weighted by Gasteiger charge is -1.99. The third-order valence-corrected chi connectivity index (χ3v) is 3.56. The average Bonchev–Trinajstić information content (AvgIpc) is 3.02. The molecule has 1 aromatic heterocycles. The predicted octanol–water partition coefficient (Wildman–Crippen LogP) is 3.40. The maximum Gasteiger partial charge on any atom is 0.363 e. The summed E-state index contributed by atoms with van der Waals surface area (Å²) in [7, 11) is 0. The van der Waals surface area contributed by atoms with Gasteiger partial charge in [0.1, 0.15) is 0 Å². The highest BCUT2D eigenvalue weighted by Gasteiger charge is 2.23. The fraction of sp³-hybridized carbons (Fsp3) is 0.0667. The van der Waals surface area contributed by atoms with Crippen molar-refractivity contribution in [3.8, 4) is 0 Å². The average molecular weight is 269 g/mol. The molecule has 0 saturated carbocycles. The molecule has 3 nitrogen and oxygen atoms in total. The van der Waals surface area contributed by atoms with Crippen LogP contribution < -0.4 is 0 Å². The molecular weight excluding hydrogens is 258 g/mol. The minimum absolute atomic E-state index is 0.345. The van der Waals surface area contributed by atoms with Gasteiger partial charge in [0.05, 0.1) is 0 Å². The van der Waals surface area contributed by atoms with Gasteiger partial charge < -0.3 is 4.74 Å². The normalized spacial score (nSPS) is 16.6. The highest BCUT2D eigenvalue weighted by Crippen LogP contribution is 2.21. The van der Waals surface area contributed by atoms with E-state index < -0.39 is 5.97 Å². The molecule has 19 heavy (non-hydrogen) atoms. The lowest BCUT2D eigenvalue weighted by Crippen LogP contribution is -2.05. The van der Waals surface area contributed by atoms with Crippen LogP contribution in [0.1, 0.15) is 16.0 Å². The van der Waals surface area contributed by atoms with Crippen molar-refractivity contribution in [3.05, 3.63) is 63.5 Å². The summed E-state index contributed by atoms with van der Waals surface area (Å²) in [6.45, 7) is 2.01. The molecule has 0 bridgehead atoms. The van der Waals surface area contributed by atoms with E-state index in [9.17, 15) is 4.79 Å². The van der Waals surface area contributed by atoms with Crippen LogP contribution in [0.25, 0.3) is 6.08 Å². The zero-order valence-corrected chi connectivity index (χ0v) is 11.1. The van der Waals surface area contributed by atoms with Crippen LogP contribution >= 0.6 is 11.3 Å². The van der Waals surface area contributed by atoms with Crippen molar-refractivity contribution in [3.63, 3.8) is 0 Å². The molecular formula is C15H11NO2S. The van der Waals surface area contributed by atoms with Crippen molar-refractivity contribution in [2.45, 2.75) is 6.92 Å². The van der Waals surface area contributed by atoms with E-state index in [1.54, 1.807) is 17.4 Å². The largest absolute Gasteiger partial charge is 0.402 e. The van der Waals surface area contributed by atoms with Crippen LogP contribution in [0, 0.1) is 6.92 Å². The van der Waals surface area contributed by atoms with E-state index in [1.807, 2.05) is 48.7 Å². The smallest absolute Gasteiger partial charge is 0.363 e. The number of nitrogens with zero attached hydrogens (tertiary/aromatic N) is 1. The third kappa shape index (κ3) is 2.48. The molecule has 1 aliphatic rings. The second-order valence-electron chi connectivity index (χ2n) is 4.22. The fourth-order valence-electron chi connectivity index (χ4n) is 1.74. The Labute approximate surface area is 114 Å². The molecule has 0 fully saturated rings. The number of esters is 1. The van der Waals surface area contributed by atoms with Crippen molar-refractivity contribution >= 4 is 29.3 Å². The van der Waals surface area contributed by atoms with E-state index in [-0.39, 0.29) is 0 Å². The number of aryl methyl sites for hydroxylation is 1. The summed E-state index contributed by atoms with van der Waals surface area (Å²) in [5.74, 6) is -0.0308. The molecule has 2 aromatic rings. The van der Waals surface area contributed by atoms with Gasteiger partial charge in [-0.2, -0.15) is 0 Å². The van der Waals surface area contributed by atoms with Crippen molar-refractivity contribution in [2.24, 2.45) is 4.99 Å². The van der Waals surface area contributed by atoms with Crippen LogP contribution in [-0.4, -0.2) is 11.9 Å². The van der Waals surface area contributed by atoms with E-state index in [4.69, 9.17) is 4.74 Å². The van der Waals surface area contributed by atoms with Crippen LogP contribution in [-0.2, 0) is 9.53 Å². The van der Waals surface area contributed by atoms with Crippen LogP contribution in [0.4, 0.5) is 0 Å². The van der Waals surface area contributed by atoms with E-state index in [0.717, 1.165) is 16.0 Å². The number of benzene rings is 1. The number of hydrogen-bond acceptors (Lipinski definition) is 4. The minimum Gasteiger partial charge on any atom is -0.402 e. The second-order valence-corrected chi connectivity index (χ2v) is 5.20. The van der Waals surface area contributed by atoms with E-state index >= 15 is 0 Å². The van der Waals surface area contributed by atoms with Gasteiger partial charge >= 0.3 is 5.97 Å². The molecule has 3 rings (SSSR count). The Balaban J connectivity index is 1.93. The predicted molar refractivity (Wildman–Crippen MR) is 76.1 cm³/mol. The third-order valence-electron chi connectivity index (χ3n) is 2.74. The topological polar surface area (TPSA) is 38.7 Å². The molecule has 4 heteroatoms. The van der Waals surface area contributed by atoms with Gasteiger partial charge in [-0.3, -0.25) is 0 Å². The fourth-order valence-corrected chi connectivity index (χ4v) is 2.39. The molecule has 0 radical (unpaired) electrons. The summed E-state index contributed by atoms with van der Waals surface area (Å²) in [4.78, 5) is 17.0. The standard InChI is InChI=1S/C15H11NO2S/c1-10-4-6-11(7-5-10)14-16-13(15(17)18-14)9-12-3-2-8-19-12/h2-9H,1H3/b13-9-. The first-order valence-electron chi connectivity index (χ1n) is 5.85. The van der Waals surface area contributed by atoms with Crippen LogP contribution in [0.15, 0.2) is 52.5 Å². The van der Waals surface area contributed by atoms with Crippen LogP contribution in [0.2, 0.25) is 0 Å². The number of cyclic esters (lactones) is 1. The van der Waals surface area contributed by atoms with Gasteiger partial charge in [0.2, 0.25) is 5.90 Å². The second kappa shape index (κ2) is 4.82. The minimum atomic E-state index is -0.399. The summed E-state index contributed by atoms with van der Waals surface area (Å²) < 4.78 is 5.20. The number of rotatable bonds is 2. The summed E-state index contributed by atoms with van der Waals surface area (Å²) in [6.07, 6.45) is 1.74. The van der Waals surface area contributed by atoms with Crippen LogP contribution in [0.3, 0.4) is 0 Å². The van der Waals surface area contributed by atoms with Gasteiger partial charge in [-0.25, -0.2) is 9.79 Å². The molecule has 0 N–H and O–H groups in total. The highest BCUT2D eigenvalue weighted by atomic mass is 32.1.